The van der Waals surface area contributed by atoms with Gasteiger partial charge in [0, 0.05) is 19.6 Å². The third-order valence-corrected chi connectivity index (χ3v) is 3.86. The molecule has 0 aliphatic carbocycles. The summed E-state index contributed by atoms with van der Waals surface area (Å²) >= 11 is 0. The second kappa shape index (κ2) is 10.0. The van der Waals surface area contributed by atoms with E-state index in [0.717, 1.165) is 23.4 Å². The molecule has 1 fully saturated rings. The van der Waals surface area contributed by atoms with Gasteiger partial charge in [0.15, 0.2) is 0 Å². The normalized spacial score (nSPS) is 16.6. The average molecular weight is 363 g/mol. The minimum absolute atomic E-state index is 0. The van der Waals surface area contributed by atoms with Crippen molar-refractivity contribution in [3.8, 4) is 5.75 Å². The van der Waals surface area contributed by atoms with Gasteiger partial charge in [-0.3, -0.25) is 4.79 Å². The molecule has 1 atom stereocenters. The Morgan fingerprint density at radius 2 is 1.88 bits per heavy atom. The van der Waals surface area contributed by atoms with E-state index in [0.29, 0.717) is 26.3 Å². The molecule has 1 saturated heterocycles. The molecule has 2 aromatic carbocycles. The van der Waals surface area contributed by atoms with Crippen LogP contribution in [0, 0.1) is 0 Å². The average Bonchev–Trinajstić information content (AvgIpc) is 2.67. The van der Waals surface area contributed by atoms with E-state index in [1.54, 1.807) is 0 Å². The van der Waals surface area contributed by atoms with E-state index in [2.05, 4.69) is 10.6 Å². The second-order valence-electron chi connectivity index (χ2n) is 5.70. The lowest BCUT2D eigenvalue weighted by molar-refractivity contribution is -0.134. The molecule has 25 heavy (non-hydrogen) atoms. The number of nitrogens with one attached hydrogen (secondary N) is 2. The standard InChI is InChI=1S/C19H22N2O3.ClH/c22-19(18-13-20-10-11-23-18)21-12-15-6-8-17(9-7-15)24-14-16-4-2-1-3-5-16;/h1-9,18,20H,10-14H2,(H,21,22);1H. The number of rotatable bonds is 6. The molecule has 3 rings (SSSR count). The number of halogens is 1. The summed E-state index contributed by atoms with van der Waals surface area (Å²) in [5, 5.41) is 6.05. The monoisotopic (exact) mass is 362 g/mol. The first kappa shape index (κ1) is 19.2. The smallest absolute Gasteiger partial charge is 0.250 e. The summed E-state index contributed by atoms with van der Waals surface area (Å²) < 4.78 is 11.2. The van der Waals surface area contributed by atoms with Gasteiger partial charge in [0.2, 0.25) is 0 Å². The highest BCUT2D eigenvalue weighted by Gasteiger charge is 2.21. The van der Waals surface area contributed by atoms with Gasteiger partial charge in [0.05, 0.1) is 6.61 Å². The predicted molar refractivity (Wildman–Crippen MR) is 98.9 cm³/mol. The van der Waals surface area contributed by atoms with Gasteiger partial charge in [-0.2, -0.15) is 0 Å². The van der Waals surface area contributed by atoms with Crippen LogP contribution in [0.5, 0.6) is 5.75 Å². The number of ether oxygens (including phenoxy) is 2. The zero-order valence-electron chi connectivity index (χ0n) is 13.9. The zero-order valence-corrected chi connectivity index (χ0v) is 14.8. The lowest BCUT2D eigenvalue weighted by atomic mass is 10.2. The van der Waals surface area contributed by atoms with Gasteiger partial charge in [0.1, 0.15) is 18.5 Å². The zero-order chi connectivity index (χ0) is 16.6. The number of carbonyl (C=O) groups excluding carboxylic acids is 1. The van der Waals surface area contributed by atoms with E-state index in [-0.39, 0.29) is 18.3 Å². The number of benzene rings is 2. The van der Waals surface area contributed by atoms with Crippen LogP contribution in [-0.4, -0.2) is 31.7 Å². The Balaban J connectivity index is 0.00000225. The van der Waals surface area contributed by atoms with Crippen LogP contribution in [0.25, 0.3) is 0 Å². The fraction of sp³-hybridized carbons (Fsp3) is 0.316. The van der Waals surface area contributed by atoms with E-state index in [1.165, 1.54) is 0 Å². The highest BCUT2D eigenvalue weighted by Crippen LogP contribution is 2.14. The van der Waals surface area contributed by atoms with Crippen LogP contribution in [0.3, 0.4) is 0 Å². The molecule has 0 saturated carbocycles. The molecular weight excluding hydrogens is 340 g/mol. The van der Waals surface area contributed by atoms with Gasteiger partial charge < -0.3 is 20.1 Å². The lowest BCUT2D eigenvalue weighted by Crippen LogP contribution is -2.47. The molecule has 1 heterocycles. The van der Waals surface area contributed by atoms with Crippen molar-refractivity contribution in [2.45, 2.75) is 19.3 Å². The van der Waals surface area contributed by atoms with Crippen molar-refractivity contribution in [2.75, 3.05) is 19.7 Å². The van der Waals surface area contributed by atoms with Crippen molar-refractivity contribution in [3.05, 3.63) is 65.7 Å². The Kier molecular flexibility index (Phi) is 7.73. The van der Waals surface area contributed by atoms with E-state index < -0.39 is 6.10 Å². The molecule has 0 aromatic heterocycles. The highest BCUT2D eigenvalue weighted by atomic mass is 35.5. The molecule has 6 heteroatoms. The van der Waals surface area contributed by atoms with E-state index in [1.807, 2.05) is 54.6 Å². The number of morpholine rings is 1. The molecule has 2 N–H and O–H groups in total. The van der Waals surface area contributed by atoms with Crippen molar-refractivity contribution < 1.29 is 14.3 Å². The minimum atomic E-state index is -0.396. The first-order chi connectivity index (χ1) is 11.8. The van der Waals surface area contributed by atoms with Crippen LogP contribution in [0.2, 0.25) is 0 Å². The van der Waals surface area contributed by atoms with Crippen LogP contribution >= 0.6 is 12.4 Å². The number of hydrogen-bond acceptors (Lipinski definition) is 4. The van der Waals surface area contributed by atoms with Crippen LogP contribution in [-0.2, 0) is 22.7 Å². The SMILES string of the molecule is Cl.O=C(NCc1ccc(OCc2ccccc2)cc1)C1CNCCO1. The van der Waals surface area contributed by atoms with Crippen molar-refractivity contribution in [1.29, 1.82) is 0 Å². The summed E-state index contributed by atoms with van der Waals surface area (Å²) in [6.07, 6.45) is -0.396. The van der Waals surface area contributed by atoms with E-state index in [9.17, 15) is 4.79 Å². The summed E-state index contributed by atoms with van der Waals surface area (Å²) in [5.74, 6) is 0.736. The molecule has 0 spiro atoms. The second-order valence-corrected chi connectivity index (χ2v) is 5.70. The van der Waals surface area contributed by atoms with Crippen molar-refractivity contribution >= 4 is 18.3 Å². The molecule has 0 radical (unpaired) electrons. The number of hydrogen-bond donors (Lipinski definition) is 2. The molecule has 1 unspecified atom stereocenters. The summed E-state index contributed by atoms with van der Waals surface area (Å²) in [6.45, 7) is 2.97. The van der Waals surface area contributed by atoms with Crippen molar-refractivity contribution in [2.24, 2.45) is 0 Å². The molecule has 0 bridgehead atoms. The first-order valence-corrected chi connectivity index (χ1v) is 8.17. The summed E-state index contributed by atoms with van der Waals surface area (Å²) in [6, 6.07) is 17.8. The first-order valence-electron chi connectivity index (χ1n) is 8.17. The maximum atomic E-state index is 12.0. The highest BCUT2D eigenvalue weighted by molar-refractivity contribution is 5.85. The van der Waals surface area contributed by atoms with Gasteiger partial charge >= 0.3 is 0 Å². The Morgan fingerprint density at radius 3 is 2.56 bits per heavy atom. The summed E-state index contributed by atoms with van der Waals surface area (Å²) in [5.41, 5.74) is 2.16. The molecule has 1 aliphatic rings. The number of amides is 1. The van der Waals surface area contributed by atoms with Crippen molar-refractivity contribution in [3.63, 3.8) is 0 Å². The topological polar surface area (TPSA) is 59.6 Å². The largest absolute Gasteiger partial charge is 0.489 e. The van der Waals surface area contributed by atoms with Crippen LogP contribution in [0.15, 0.2) is 54.6 Å². The Hall–Kier alpha value is -2.08. The number of carbonyl (C=O) groups is 1. The van der Waals surface area contributed by atoms with Gasteiger partial charge in [0.25, 0.3) is 5.91 Å². The predicted octanol–water partition coefficient (Wildman–Crippen LogP) is 2.29. The van der Waals surface area contributed by atoms with E-state index in [4.69, 9.17) is 9.47 Å². The molecule has 1 amide bonds. The van der Waals surface area contributed by atoms with Crippen LogP contribution < -0.4 is 15.4 Å². The quantitative estimate of drug-likeness (QED) is 0.827. The molecule has 134 valence electrons. The Morgan fingerprint density at radius 1 is 1.12 bits per heavy atom. The summed E-state index contributed by atoms with van der Waals surface area (Å²) in [7, 11) is 0. The molecule has 2 aromatic rings. The minimum Gasteiger partial charge on any atom is -0.489 e. The van der Waals surface area contributed by atoms with Crippen LogP contribution in [0.1, 0.15) is 11.1 Å². The summed E-state index contributed by atoms with van der Waals surface area (Å²) in [4.78, 5) is 12.0. The maximum Gasteiger partial charge on any atom is 0.250 e. The Labute approximate surface area is 154 Å². The van der Waals surface area contributed by atoms with Gasteiger partial charge in [-0.15, -0.1) is 12.4 Å². The Bertz CT molecular complexity index is 643. The fourth-order valence-electron chi connectivity index (χ4n) is 2.48. The molecule has 5 nitrogen and oxygen atoms in total. The van der Waals surface area contributed by atoms with Gasteiger partial charge in [-0.05, 0) is 23.3 Å². The third kappa shape index (κ3) is 6.05. The van der Waals surface area contributed by atoms with E-state index >= 15 is 0 Å². The lowest BCUT2D eigenvalue weighted by Gasteiger charge is -2.22. The fourth-order valence-corrected chi connectivity index (χ4v) is 2.48. The van der Waals surface area contributed by atoms with Gasteiger partial charge in [-0.25, -0.2) is 0 Å². The van der Waals surface area contributed by atoms with Crippen LogP contribution in [0.4, 0.5) is 0 Å². The van der Waals surface area contributed by atoms with Gasteiger partial charge in [-0.1, -0.05) is 42.5 Å². The van der Waals surface area contributed by atoms with Crippen molar-refractivity contribution in [1.82, 2.24) is 10.6 Å². The molecule has 1 aliphatic heterocycles. The molecular formula is C19H23ClN2O3. The maximum absolute atomic E-state index is 12.0. The third-order valence-electron chi connectivity index (χ3n) is 3.86.